The first-order chi connectivity index (χ1) is 5.24. The highest BCUT2D eigenvalue weighted by atomic mass is 32.1. The lowest BCUT2D eigenvalue weighted by molar-refractivity contribution is -0.384. The summed E-state index contributed by atoms with van der Waals surface area (Å²) in [5.74, 6) is 0. The van der Waals surface area contributed by atoms with Crippen LogP contribution in [0, 0.1) is 10.1 Å². The molecule has 0 amide bonds. The van der Waals surface area contributed by atoms with Crippen LogP contribution in [0.1, 0.15) is 4.88 Å². The number of aliphatic hydroxyl groups excluding tert-OH is 1. The Morgan fingerprint density at radius 2 is 2.45 bits per heavy atom. The van der Waals surface area contributed by atoms with Gasteiger partial charge in [-0.2, -0.15) is 0 Å². The van der Waals surface area contributed by atoms with Crippen molar-refractivity contribution >= 4 is 17.0 Å². The van der Waals surface area contributed by atoms with Crippen molar-refractivity contribution in [2.24, 2.45) is 0 Å². The molecule has 0 saturated heterocycles. The van der Waals surface area contributed by atoms with Crippen molar-refractivity contribution < 1.29 is 10.0 Å². The Morgan fingerprint density at radius 3 is 2.91 bits per heavy atom. The molecule has 0 bridgehead atoms. The van der Waals surface area contributed by atoms with Crippen molar-refractivity contribution in [3.05, 3.63) is 26.4 Å². The van der Waals surface area contributed by atoms with Crippen LogP contribution in [0.3, 0.4) is 0 Å². The molecule has 1 heterocycles. The summed E-state index contributed by atoms with van der Waals surface area (Å²) in [5, 5.41) is 20.1. The van der Waals surface area contributed by atoms with Gasteiger partial charge in [-0.3, -0.25) is 10.1 Å². The van der Waals surface area contributed by atoms with E-state index in [4.69, 9.17) is 5.11 Å². The first-order valence-electron chi connectivity index (χ1n) is 3.06. The van der Waals surface area contributed by atoms with Crippen molar-refractivity contribution in [1.82, 2.24) is 0 Å². The van der Waals surface area contributed by atoms with Crippen LogP contribution in [0.15, 0.2) is 11.4 Å². The fraction of sp³-hybridized carbons (Fsp3) is 0.333. The smallest absolute Gasteiger partial charge is 0.280 e. The molecule has 0 atom stereocenters. The summed E-state index contributed by atoms with van der Waals surface area (Å²) in [4.78, 5) is 10.6. The molecule has 0 fully saturated rings. The van der Waals surface area contributed by atoms with Gasteiger partial charge in [0.1, 0.15) is 0 Å². The fourth-order valence-corrected chi connectivity index (χ4v) is 1.53. The lowest BCUT2D eigenvalue weighted by Crippen LogP contribution is -1.86. The number of hydrogen-bond acceptors (Lipinski definition) is 4. The second kappa shape index (κ2) is 3.45. The molecule has 1 N–H and O–H groups in total. The van der Waals surface area contributed by atoms with E-state index in [1.165, 1.54) is 22.8 Å². The van der Waals surface area contributed by atoms with Crippen LogP contribution in [-0.4, -0.2) is 16.6 Å². The molecule has 1 aromatic rings. The zero-order chi connectivity index (χ0) is 8.27. The summed E-state index contributed by atoms with van der Waals surface area (Å²) in [5.41, 5.74) is 0.110. The molecule has 0 aliphatic rings. The van der Waals surface area contributed by atoms with Gasteiger partial charge in [0.2, 0.25) is 0 Å². The summed E-state index contributed by atoms with van der Waals surface area (Å²) in [6.45, 7) is 0.0394. The van der Waals surface area contributed by atoms with Gasteiger partial charge in [-0.15, -0.1) is 11.3 Å². The minimum absolute atomic E-state index is 0.0394. The molecule has 0 aliphatic carbocycles. The van der Waals surface area contributed by atoms with E-state index in [-0.39, 0.29) is 12.3 Å². The Kier molecular flexibility index (Phi) is 2.56. The molecule has 5 heteroatoms. The van der Waals surface area contributed by atoms with E-state index in [1.807, 2.05) is 0 Å². The van der Waals surface area contributed by atoms with Gasteiger partial charge in [-0.25, -0.2) is 0 Å². The third-order valence-corrected chi connectivity index (χ3v) is 2.19. The summed E-state index contributed by atoms with van der Waals surface area (Å²) in [7, 11) is 0. The van der Waals surface area contributed by atoms with Gasteiger partial charge in [-0.05, 0) is 0 Å². The number of thiophene rings is 1. The Hall–Kier alpha value is -0.940. The van der Waals surface area contributed by atoms with Crippen molar-refractivity contribution in [1.29, 1.82) is 0 Å². The van der Waals surface area contributed by atoms with Gasteiger partial charge >= 0.3 is 0 Å². The fourth-order valence-electron chi connectivity index (χ4n) is 0.706. The SMILES string of the molecule is O=[N+]([O-])c1csc(CCO)c1. The molecule has 0 saturated carbocycles. The first kappa shape index (κ1) is 8.16. The van der Waals surface area contributed by atoms with Gasteiger partial charge in [0.25, 0.3) is 5.69 Å². The van der Waals surface area contributed by atoms with E-state index in [0.717, 1.165) is 4.88 Å². The maximum atomic E-state index is 10.2. The molecular weight excluding hydrogens is 166 g/mol. The van der Waals surface area contributed by atoms with Crippen LogP contribution in [0.2, 0.25) is 0 Å². The predicted molar refractivity (Wildman–Crippen MR) is 41.8 cm³/mol. The number of hydrogen-bond donors (Lipinski definition) is 1. The van der Waals surface area contributed by atoms with E-state index < -0.39 is 4.92 Å². The molecule has 1 rings (SSSR count). The van der Waals surface area contributed by atoms with Crippen molar-refractivity contribution in [2.75, 3.05) is 6.61 Å². The Balaban J connectivity index is 2.73. The van der Waals surface area contributed by atoms with Gasteiger partial charge in [0, 0.05) is 24.0 Å². The Labute approximate surface area is 67.2 Å². The maximum absolute atomic E-state index is 10.2. The minimum Gasteiger partial charge on any atom is -0.396 e. The van der Waals surface area contributed by atoms with E-state index in [1.54, 1.807) is 0 Å². The third-order valence-electron chi connectivity index (χ3n) is 1.21. The van der Waals surface area contributed by atoms with Gasteiger partial charge in [0.05, 0.1) is 10.3 Å². The normalized spacial score (nSPS) is 9.91. The Morgan fingerprint density at radius 1 is 1.73 bits per heavy atom. The maximum Gasteiger partial charge on any atom is 0.280 e. The molecule has 60 valence electrons. The van der Waals surface area contributed by atoms with E-state index in [9.17, 15) is 10.1 Å². The topological polar surface area (TPSA) is 63.4 Å². The summed E-state index contributed by atoms with van der Waals surface area (Å²) >= 11 is 1.30. The number of nitrogens with zero attached hydrogens (tertiary/aromatic N) is 1. The lowest BCUT2D eigenvalue weighted by atomic mass is 10.3. The minimum atomic E-state index is -0.433. The summed E-state index contributed by atoms with van der Waals surface area (Å²) in [6, 6.07) is 1.49. The quantitative estimate of drug-likeness (QED) is 0.551. The summed E-state index contributed by atoms with van der Waals surface area (Å²) < 4.78 is 0. The van der Waals surface area contributed by atoms with Crippen LogP contribution < -0.4 is 0 Å². The van der Waals surface area contributed by atoms with E-state index in [2.05, 4.69) is 0 Å². The van der Waals surface area contributed by atoms with Crippen LogP contribution >= 0.6 is 11.3 Å². The molecule has 11 heavy (non-hydrogen) atoms. The molecule has 0 aromatic carbocycles. The predicted octanol–water partition coefficient (Wildman–Crippen LogP) is 1.19. The highest BCUT2D eigenvalue weighted by Crippen LogP contribution is 2.21. The number of nitro groups is 1. The average Bonchev–Trinajstić information content (AvgIpc) is 2.37. The zero-order valence-corrected chi connectivity index (χ0v) is 6.50. The monoisotopic (exact) mass is 173 g/mol. The highest BCUT2D eigenvalue weighted by Gasteiger charge is 2.07. The van der Waals surface area contributed by atoms with Gasteiger partial charge in [0.15, 0.2) is 0 Å². The first-order valence-corrected chi connectivity index (χ1v) is 3.94. The average molecular weight is 173 g/mol. The molecule has 4 nitrogen and oxygen atoms in total. The number of aliphatic hydroxyl groups is 1. The van der Waals surface area contributed by atoms with Crippen LogP contribution in [-0.2, 0) is 6.42 Å². The van der Waals surface area contributed by atoms with E-state index >= 15 is 0 Å². The van der Waals surface area contributed by atoms with Crippen molar-refractivity contribution in [3.8, 4) is 0 Å². The van der Waals surface area contributed by atoms with Crippen molar-refractivity contribution in [2.45, 2.75) is 6.42 Å². The molecule has 0 spiro atoms. The molecular formula is C6H7NO3S. The zero-order valence-electron chi connectivity index (χ0n) is 5.69. The third kappa shape index (κ3) is 1.99. The lowest BCUT2D eigenvalue weighted by Gasteiger charge is -1.85. The molecule has 0 unspecified atom stereocenters. The molecule has 0 aliphatic heterocycles. The second-order valence-corrected chi connectivity index (χ2v) is 3.00. The Bertz CT molecular complexity index is 258. The van der Waals surface area contributed by atoms with Gasteiger partial charge in [-0.1, -0.05) is 0 Å². The molecule has 0 radical (unpaired) electrons. The van der Waals surface area contributed by atoms with Crippen molar-refractivity contribution in [3.63, 3.8) is 0 Å². The van der Waals surface area contributed by atoms with Crippen LogP contribution in [0.25, 0.3) is 0 Å². The summed E-state index contributed by atoms with van der Waals surface area (Å²) in [6.07, 6.45) is 0.499. The largest absolute Gasteiger partial charge is 0.396 e. The second-order valence-electron chi connectivity index (χ2n) is 2.00. The number of rotatable bonds is 3. The van der Waals surface area contributed by atoms with Crippen LogP contribution in [0.4, 0.5) is 5.69 Å². The molecule has 1 aromatic heterocycles. The van der Waals surface area contributed by atoms with E-state index in [0.29, 0.717) is 6.42 Å². The standard InChI is InChI=1S/C6H7NO3S/c8-2-1-6-3-5(4-11-6)7(9)10/h3-4,8H,1-2H2. The van der Waals surface area contributed by atoms with Crippen LogP contribution in [0.5, 0.6) is 0 Å². The van der Waals surface area contributed by atoms with Gasteiger partial charge < -0.3 is 5.11 Å². The highest BCUT2D eigenvalue weighted by molar-refractivity contribution is 7.10.